The van der Waals surface area contributed by atoms with Crippen LogP contribution >= 0.6 is 0 Å². The Kier molecular flexibility index (Phi) is 5.37. The molecule has 1 aromatic carbocycles. The van der Waals surface area contributed by atoms with Crippen molar-refractivity contribution >= 4 is 6.09 Å². The van der Waals surface area contributed by atoms with Crippen LogP contribution in [0.15, 0.2) is 30.3 Å². The number of nitrogens with zero attached hydrogens (tertiary/aromatic N) is 1. The lowest BCUT2D eigenvalue weighted by molar-refractivity contribution is 0.0501. The predicted octanol–water partition coefficient (Wildman–Crippen LogP) is 3.56. The van der Waals surface area contributed by atoms with Crippen LogP contribution in [0.25, 0.3) is 0 Å². The van der Waals surface area contributed by atoms with E-state index in [1.54, 1.807) is 0 Å². The molecule has 1 aromatic rings. The summed E-state index contributed by atoms with van der Waals surface area (Å²) in [5, 5.41) is 11.5. The zero-order chi connectivity index (χ0) is 14.3. The third-order valence-electron chi connectivity index (χ3n) is 2.44. The highest BCUT2D eigenvalue weighted by molar-refractivity contribution is 5.68. The van der Waals surface area contributed by atoms with Crippen molar-refractivity contribution in [2.75, 3.05) is 0 Å². The van der Waals surface area contributed by atoms with Crippen LogP contribution in [0.5, 0.6) is 0 Å². The van der Waals surface area contributed by atoms with Crippen molar-refractivity contribution < 1.29 is 9.53 Å². The van der Waals surface area contributed by atoms with E-state index in [0.29, 0.717) is 12.8 Å². The van der Waals surface area contributed by atoms with Gasteiger partial charge in [0.25, 0.3) is 0 Å². The molecule has 0 heterocycles. The minimum atomic E-state index is -0.527. The standard InChI is InChI=1S/C15H20N2O2/c1-15(2,3)19-14(18)17-13(10-7-11-16)12-8-5-4-6-9-12/h4-6,8-9,13H,7,10H2,1-3H3,(H,17,18)/t13-/m1/s1. The second-order valence-corrected chi connectivity index (χ2v) is 5.31. The number of nitriles is 1. The number of alkyl carbamates (subject to hydrolysis) is 1. The van der Waals surface area contributed by atoms with Crippen LogP contribution in [-0.2, 0) is 4.74 Å². The van der Waals surface area contributed by atoms with E-state index < -0.39 is 11.7 Å². The second-order valence-electron chi connectivity index (χ2n) is 5.31. The fourth-order valence-electron chi connectivity index (χ4n) is 1.67. The second kappa shape index (κ2) is 6.79. The van der Waals surface area contributed by atoms with Crippen molar-refractivity contribution in [2.24, 2.45) is 0 Å². The number of rotatable bonds is 4. The number of hydrogen-bond donors (Lipinski definition) is 1. The molecule has 0 saturated heterocycles. The smallest absolute Gasteiger partial charge is 0.408 e. The first-order valence-corrected chi connectivity index (χ1v) is 6.34. The Hall–Kier alpha value is -2.02. The average molecular weight is 260 g/mol. The fraction of sp³-hybridized carbons (Fsp3) is 0.467. The van der Waals surface area contributed by atoms with Crippen molar-refractivity contribution in [1.29, 1.82) is 5.26 Å². The summed E-state index contributed by atoms with van der Waals surface area (Å²) in [5.41, 5.74) is 0.448. The molecule has 1 atom stereocenters. The van der Waals surface area contributed by atoms with Crippen molar-refractivity contribution in [3.05, 3.63) is 35.9 Å². The summed E-state index contributed by atoms with van der Waals surface area (Å²) in [6, 6.07) is 11.5. The maximum absolute atomic E-state index is 11.8. The Morgan fingerprint density at radius 2 is 2.00 bits per heavy atom. The van der Waals surface area contributed by atoms with Crippen molar-refractivity contribution in [1.82, 2.24) is 5.32 Å². The van der Waals surface area contributed by atoms with Crippen LogP contribution in [0.2, 0.25) is 0 Å². The van der Waals surface area contributed by atoms with Gasteiger partial charge in [-0.2, -0.15) is 5.26 Å². The Balaban J connectivity index is 2.71. The molecule has 0 bridgehead atoms. The highest BCUT2D eigenvalue weighted by Crippen LogP contribution is 2.19. The van der Waals surface area contributed by atoms with E-state index in [4.69, 9.17) is 10.00 Å². The van der Waals surface area contributed by atoms with Crippen LogP contribution in [0.3, 0.4) is 0 Å². The van der Waals surface area contributed by atoms with Gasteiger partial charge in [-0.1, -0.05) is 30.3 Å². The van der Waals surface area contributed by atoms with Gasteiger partial charge < -0.3 is 10.1 Å². The Bertz CT molecular complexity index is 443. The average Bonchev–Trinajstić information content (AvgIpc) is 2.33. The van der Waals surface area contributed by atoms with E-state index in [0.717, 1.165) is 5.56 Å². The topological polar surface area (TPSA) is 62.1 Å². The number of carbonyl (C=O) groups excluding carboxylic acids is 1. The first-order valence-electron chi connectivity index (χ1n) is 6.34. The number of benzene rings is 1. The molecule has 1 amide bonds. The minimum Gasteiger partial charge on any atom is -0.444 e. The quantitative estimate of drug-likeness (QED) is 0.900. The molecule has 0 unspecified atom stereocenters. The van der Waals surface area contributed by atoms with Gasteiger partial charge in [0.1, 0.15) is 5.60 Å². The monoisotopic (exact) mass is 260 g/mol. The molecule has 102 valence electrons. The normalized spacial score (nSPS) is 12.3. The number of ether oxygens (including phenoxy) is 1. The lowest BCUT2D eigenvalue weighted by Crippen LogP contribution is -2.35. The molecule has 0 radical (unpaired) electrons. The third kappa shape index (κ3) is 5.91. The van der Waals surface area contributed by atoms with Crippen LogP contribution in [0.4, 0.5) is 4.79 Å². The lowest BCUT2D eigenvalue weighted by Gasteiger charge is -2.23. The fourth-order valence-corrected chi connectivity index (χ4v) is 1.67. The number of nitrogens with one attached hydrogen (secondary N) is 1. The molecule has 0 aliphatic rings. The van der Waals surface area contributed by atoms with Crippen LogP contribution < -0.4 is 5.32 Å². The predicted molar refractivity (Wildman–Crippen MR) is 73.4 cm³/mol. The van der Waals surface area contributed by atoms with Gasteiger partial charge in [-0.25, -0.2) is 4.79 Å². The van der Waals surface area contributed by atoms with Gasteiger partial charge in [0.2, 0.25) is 0 Å². The van der Waals surface area contributed by atoms with E-state index in [9.17, 15) is 4.79 Å². The van der Waals surface area contributed by atoms with Crippen molar-refractivity contribution in [2.45, 2.75) is 45.3 Å². The molecule has 19 heavy (non-hydrogen) atoms. The zero-order valence-electron chi connectivity index (χ0n) is 11.6. The number of amides is 1. The lowest BCUT2D eigenvalue weighted by atomic mass is 10.0. The van der Waals surface area contributed by atoms with E-state index in [-0.39, 0.29) is 6.04 Å². The van der Waals surface area contributed by atoms with Gasteiger partial charge in [0, 0.05) is 6.42 Å². The number of hydrogen-bond acceptors (Lipinski definition) is 3. The summed E-state index contributed by atoms with van der Waals surface area (Å²) in [6.07, 6.45) is 0.494. The Labute approximate surface area is 114 Å². The van der Waals surface area contributed by atoms with Crippen molar-refractivity contribution in [3.63, 3.8) is 0 Å². The van der Waals surface area contributed by atoms with Gasteiger partial charge in [-0.3, -0.25) is 0 Å². The summed E-state index contributed by atoms with van der Waals surface area (Å²) in [5.74, 6) is 0. The van der Waals surface area contributed by atoms with E-state index >= 15 is 0 Å². The first-order chi connectivity index (χ1) is 8.92. The molecule has 4 heteroatoms. The summed E-state index contributed by atoms with van der Waals surface area (Å²) in [6.45, 7) is 5.46. The van der Waals surface area contributed by atoms with Gasteiger partial charge in [0.15, 0.2) is 0 Å². The van der Waals surface area contributed by atoms with E-state index in [2.05, 4.69) is 11.4 Å². The van der Waals surface area contributed by atoms with Crippen LogP contribution in [0, 0.1) is 11.3 Å². The largest absolute Gasteiger partial charge is 0.444 e. The van der Waals surface area contributed by atoms with Gasteiger partial charge in [-0.05, 0) is 32.8 Å². The third-order valence-corrected chi connectivity index (χ3v) is 2.44. The number of carbonyl (C=O) groups is 1. The van der Waals surface area contributed by atoms with Gasteiger partial charge in [0.05, 0.1) is 12.1 Å². The SMILES string of the molecule is CC(C)(C)OC(=O)N[C@H](CCC#N)c1ccccc1. The van der Waals surface area contributed by atoms with Crippen LogP contribution in [-0.4, -0.2) is 11.7 Å². The molecule has 4 nitrogen and oxygen atoms in total. The highest BCUT2D eigenvalue weighted by atomic mass is 16.6. The molecular weight excluding hydrogens is 240 g/mol. The zero-order valence-corrected chi connectivity index (χ0v) is 11.6. The maximum Gasteiger partial charge on any atom is 0.408 e. The first kappa shape index (κ1) is 15.0. The summed E-state index contributed by atoms with van der Waals surface area (Å²) in [7, 11) is 0. The highest BCUT2D eigenvalue weighted by Gasteiger charge is 2.20. The molecule has 0 saturated carbocycles. The Morgan fingerprint density at radius 1 is 1.37 bits per heavy atom. The van der Waals surface area contributed by atoms with Gasteiger partial charge in [-0.15, -0.1) is 0 Å². The molecule has 0 aliphatic carbocycles. The van der Waals surface area contributed by atoms with Crippen molar-refractivity contribution in [3.8, 4) is 6.07 Å². The maximum atomic E-state index is 11.8. The summed E-state index contributed by atoms with van der Waals surface area (Å²) in [4.78, 5) is 11.8. The molecule has 0 spiro atoms. The molecule has 1 N–H and O–H groups in total. The molecule has 0 fully saturated rings. The van der Waals surface area contributed by atoms with Crippen LogP contribution in [0.1, 0.15) is 45.2 Å². The van der Waals surface area contributed by atoms with E-state index in [1.165, 1.54) is 0 Å². The van der Waals surface area contributed by atoms with Gasteiger partial charge >= 0.3 is 6.09 Å². The minimum absolute atomic E-state index is 0.198. The van der Waals surface area contributed by atoms with E-state index in [1.807, 2.05) is 51.1 Å². The Morgan fingerprint density at radius 3 is 2.53 bits per heavy atom. The molecule has 1 rings (SSSR count). The molecular formula is C15H20N2O2. The summed E-state index contributed by atoms with van der Waals surface area (Å²) < 4.78 is 5.24. The molecule has 0 aliphatic heterocycles. The summed E-state index contributed by atoms with van der Waals surface area (Å²) >= 11 is 0. The molecule has 0 aromatic heterocycles.